The average Bonchev–Trinajstić information content (AvgIpc) is 1.60. The van der Waals surface area contributed by atoms with Gasteiger partial charge in [0.1, 0.15) is 28.7 Å². The Morgan fingerprint density at radius 1 is 0.262 bits per heavy atom. The molecule has 4 bridgehead atoms. The molecule has 4 saturated carbocycles. The maximum atomic E-state index is 10.1. The summed E-state index contributed by atoms with van der Waals surface area (Å²) in [5.74, 6) is 5.11. The number of hydrogen-bond acceptors (Lipinski definition) is 5. The van der Waals surface area contributed by atoms with E-state index in [1.54, 1.807) is 36.4 Å². The van der Waals surface area contributed by atoms with Crippen LogP contribution in [0.15, 0.2) is 334 Å². The van der Waals surface area contributed by atoms with Gasteiger partial charge in [-0.15, -0.1) is 0 Å². The SMILES string of the molecule is C.Cc1ccc(C(C)(c2ccccc2)c2ccc(O)cc2)cc1.Cc1ccc(C2(c3ccc(O)cc3)C3CC4CC(C3)CC2C4)cc1.Cc1ccc(C2(c3ccc(O)cc3)CC(C)(C)c3ccccc32)cc1.Cc1ccc(C2(c3ccc(O)cc3)c3ccccc3-c3ccccc32)cc1.Cc1ccc2c(c1)C1(CC2(C)C)CC(C)(C)c2ccc(O)cc21. The van der Waals surface area contributed by atoms with Crippen LogP contribution in [0, 0.1) is 58.3 Å². The summed E-state index contributed by atoms with van der Waals surface area (Å²) in [4.78, 5) is 0. The van der Waals surface area contributed by atoms with Crippen LogP contribution in [0.1, 0.15) is 230 Å². The summed E-state index contributed by atoms with van der Waals surface area (Å²) in [6.45, 7) is 27.0. The van der Waals surface area contributed by atoms with E-state index in [0.29, 0.717) is 23.0 Å². The lowest BCUT2D eigenvalue weighted by molar-refractivity contribution is -0.0418. The third-order valence-electron chi connectivity index (χ3n) is 29.3. The van der Waals surface area contributed by atoms with Gasteiger partial charge < -0.3 is 25.5 Å². The zero-order chi connectivity index (χ0) is 84.6. The van der Waals surface area contributed by atoms with Crippen molar-refractivity contribution in [3.8, 4) is 39.9 Å². The minimum atomic E-state index is -0.380. The van der Waals surface area contributed by atoms with E-state index in [9.17, 15) is 25.5 Å². The van der Waals surface area contributed by atoms with E-state index in [-0.39, 0.29) is 56.5 Å². The lowest BCUT2D eigenvalue weighted by atomic mass is 9.42. The van der Waals surface area contributed by atoms with Gasteiger partial charge in [-0.25, -0.2) is 0 Å². The summed E-state index contributed by atoms with van der Waals surface area (Å²) >= 11 is 0. The number of aromatic hydroxyl groups is 5. The maximum Gasteiger partial charge on any atom is 0.115 e. The van der Waals surface area contributed by atoms with Crippen molar-refractivity contribution in [2.45, 2.75) is 185 Å². The molecule has 14 aromatic rings. The zero-order valence-electron chi connectivity index (χ0n) is 72.5. The lowest BCUT2D eigenvalue weighted by Gasteiger charge is -2.62. The van der Waals surface area contributed by atoms with E-state index in [1.165, 1.54) is 166 Å². The Kier molecular flexibility index (Phi) is 22.3. The minimum Gasteiger partial charge on any atom is -0.508 e. The van der Waals surface area contributed by atoms with Crippen LogP contribution in [0.5, 0.6) is 28.7 Å². The van der Waals surface area contributed by atoms with E-state index < -0.39 is 0 Å². The molecule has 122 heavy (non-hydrogen) atoms. The number of hydrogen-bond donors (Lipinski definition) is 5. The Hall–Kier alpha value is -11.9. The molecule has 0 radical (unpaired) electrons. The zero-order valence-corrected chi connectivity index (χ0v) is 72.5. The first kappa shape index (κ1) is 83.7. The second-order valence-electron chi connectivity index (χ2n) is 38.7. The molecule has 4 fully saturated rings. The predicted octanol–water partition coefficient (Wildman–Crippen LogP) is 28.3. The van der Waals surface area contributed by atoms with Crippen LogP contribution in [0.4, 0.5) is 0 Å². The van der Waals surface area contributed by atoms with Crippen LogP contribution in [-0.4, -0.2) is 25.5 Å². The summed E-state index contributed by atoms with van der Waals surface area (Å²) in [6.07, 6.45) is 10.3. The van der Waals surface area contributed by atoms with Crippen molar-refractivity contribution >= 4 is 0 Å². The molecule has 14 aromatic carbocycles. The van der Waals surface area contributed by atoms with E-state index in [4.69, 9.17) is 0 Å². The van der Waals surface area contributed by atoms with Crippen LogP contribution >= 0.6 is 0 Å². The topological polar surface area (TPSA) is 101 Å². The maximum absolute atomic E-state index is 10.1. The number of phenolic OH excluding ortho intramolecular Hbond substituents is 5. The van der Waals surface area contributed by atoms with Crippen molar-refractivity contribution in [1.82, 2.24) is 0 Å². The molecule has 0 aliphatic heterocycles. The van der Waals surface area contributed by atoms with Crippen LogP contribution in [0.3, 0.4) is 0 Å². The van der Waals surface area contributed by atoms with Gasteiger partial charge in [0, 0.05) is 21.7 Å². The van der Waals surface area contributed by atoms with Crippen molar-refractivity contribution in [1.29, 1.82) is 0 Å². The highest BCUT2D eigenvalue weighted by molar-refractivity contribution is 5.86. The third kappa shape index (κ3) is 14.6. The molecular formula is C117H120O5. The van der Waals surface area contributed by atoms with Crippen molar-refractivity contribution in [2.75, 3.05) is 0 Å². The van der Waals surface area contributed by atoms with Crippen LogP contribution in [0.25, 0.3) is 11.1 Å². The fourth-order valence-corrected chi connectivity index (χ4v) is 24.1. The number of benzene rings is 14. The molecule has 0 amide bonds. The van der Waals surface area contributed by atoms with Crippen LogP contribution in [0.2, 0.25) is 0 Å². The van der Waals surface area contributed by atoms with Crippen molar-refractivity contribution in [3.05, 3.63) is 456 Å². The van der Waals surface area contributed by atoms with Crippen molar-refractivity contribution in [3.63, 3.8) is 0 Å². The van der Waals surface area contributed by atoms with E-state index in [0.717, 1.165) is 42.9 Å². The van der Waals surface area contributed by atoms with Gasteiger partial charge in [-0.05, 0) is 299 Å². The molecule has 5 N–H and O–H groups in total. The molecule has 0 aromatic heterocycles. The molecule has 8 aliphatic rings. The highest BCUT2D eigenvalue weighted by atomic mass is 16.3. The summed E-state index contributed by atoms with van der Waals surface area (Å²) < 4.78 is 0. The van der Waals surface area contributed by atoms with Gasteiger partial charge in [0.2, 0.25) is 0 Å². The molecule has 1 spiro atoms. The fraction of sp³-hybridized carbons (Fsp3) is 0.282. The Labute approximate surface area is 725 Å². The monoisotopic (exact) mass is 1600 g/mol. The number of fused-ring (bicyclic) bond motifs is 8. The van der Waals surface area contributed by atoms with Crippen LogP contribution in [-0.2, 0) is 43.3 Å². The molecule has 0 saturated heterocycles. The minimum absolute atomic E-state index is 0. The second kappa shape index (κ2) is 32.5. The number of aryl methyl sites for hydroxylation is 5. The first-order chi connectivity index (χ1) is 58.1. The van der Waals surface area contributed by atoms with Gasteiger partial charge in [0.15, 0.2) is 0 Å². The van der Waals surface area contributed by atoms with E-state index in [2.05, 4.69) is 326 Å². The summed E-state index contributed by atoms with van der Waals surface area (Å²) in [5, 5.41) is 49.2. The standard InChI is InChI=1S/C26H20O.C24H24O.C23H26O.C22H26O.C21H20O.CH4/c1-18-10-12-19(13-11-18)26(20-14-16-21(27)17-15-20)24-8-4-2-6-22(24)23-7-3-5-9-25(23)26;1-17-8-10-18(11-9-17)24(19-12-14-20(25)15-13-19)16-23(2,3)21-6-4-5-7-22(21)24;1-15-2-4-18(5-3-15)23(19-6-8-22(24)9-7-19)20-11-16-10-17(13-20)14-21(23)12-16;1-14-6-8-16-18(10-14)22(12-20(16,2)3)13-21(4,5)17-9-7-15(23)11-19(17)22;1-16-8-10-18(11-9-16)21(2,17-6-4-3-5-7-17)19-12-14-20(22)15-13-19;/h2-17,27H,1H3;4-15,25H,16H2,1-3H3;2-9,16-17,20-21,24H,10-14H2,1H3;6-11,23H,12-13H2,1-5H3;3-15,22H,1-2H3;1H4. The van der Waals surface area contributed by atoms with Crippen molar-refractivity contribution in [2.24, 2.45) is 23.7 Å². The Morgan fingerprint density at radius 2 is 0.566 bits per heavy atom. The molecule has 22 rings (SSSR count). The normalized spacial score (nSPS) is 22.0. The fourth-order valence-electron chi connectivity index (χ4n) is 24.1. The molecule has 3 atom stereocenters. The summed E-state index contributed by atoms with van der Waals surface area (Å²) in [7, 11) is 0. The molecule has 8 aliphatic carbocycles. The summed E-state index contributed by atoms with van der Waals surface area (Å²) in [5.41, 5.74) is 31.5. The lowest BCUT2D eigenvalue weighted by Crippen LogP contribution is -2.56. The van der Waals surface area contributed by atoms with Crippen LogP contribution < -0.4 is 0 Å². The highest BCUT2D eigenvalue weighted by Crippen LogP contribution is 2.67. The quantitative estimate of drug-likeness (QED) is 0.0927. The largest absolute Gasteiger partial charge is 0.508 e. The second-order valence-corrected chi connectivity index (χ2v) is 38.7. The van der Waals surface area contributed by atoms with Gasteiger partial charge in [0.25, 0.3) is 0 Å². The molecule has 0 heterocycles. The van der Waals surface area contributed by atoms with Gasteiger partial charge in [0.05, 0.1) is 5.41 Å². The molecule has 5 nitrogen and oxygen atoms in total. The first-order valence-corrected chi connectivity index (χ1v) is 43.8. The Balaban J connectivity index is 0.000000113. The molecule has 618 valence electrons. The first-order valence-electron chi connectivity index (χ1n) is 43.8. The summed E-state index contributed by atoms with van der Waals surface area (Å²) in [6, 6.07) is 117. The van der Waals surface area contributed by atoms with E-state index in [1.807, 2.05) is 54.6 Å². The molecule has 3 unspecified atom stereocenters. The van der Waals surface area contributed by atoms with Gasteiger partial charge in [-0.3, -0.25) is 0 Å². The number of phenols is 5. The van der Waals surface area contributed by atoms with E-state index >= 15 is 0 Å². The van der Waals surface area contributed by atoms with Gasteiger partial charge in [-0.2, -0.15) is 0 Å². The average molecular weight is 1610 g/mol. The number of rotatable bonds is 9. The van der Waals surface area contributed by atoms with Crippen molar-refractivity contribution < 1.29 is 25.5 Å². The van der Waals surface area contributed by atoms with Gasteiger partial charge >= 0.3 is 0 Å². The Bertz CT molecular complexity index is 5720. The molecular weight excluding hydrogens is 1490 g/mol. The third-order valence-corrected chi connectivity index (χ3v) is 29.3. The van der Waals surface area contributed by atoms with Gasteiger partial charge in [-0.1, -0.05) is 350 Å². The predicted molar refractivity (Wildman–Crippen MR) is 504 cm³/mol. The molecule has 5 heteroatoms. The highest BCUT2D eigenvalue weighted by Gasteiger charge is 2.60. The Morgan fingerprint density at radius 3 is 1.02 bits per heavy atom. The smallest absolute Gasteiger partial charge is 0.115 e.